The summed E-state index contributed by atoms with van der Waals surface area (Å²) in [6.07, 6.45) is 0.273. The lowest BCUT2D eigenvalue weighted by atomic mass is 9.97. The van der Waals surface area contributed by atoms with Crippen LogP contribution in [0.5, 0.6) is 0 Å². The van der Waals surface area contributed by atoms with Crippen molar-refractivity contribution in [2.75, 3.05) is 4.90 Å². The molecule has 100 valence electrons. The van der Waals surface area contributed by atoms with Crippen LogP contribution in [0.2, 0.25) is 0 Å². The van der Waals surface area contributed by atoms with Crippen molar-refractivity contribution in [2.45, 2.75) is 20.3 Å². The van der Waals surface area contributed by atoms with Crippen molar-refractivity contribution in [3.63, 3.8) is 0 Å². The smallest absolute Gasteiger partial charge is 0.265 e. The number of nitrogens with zero attached hydrogens (tertiary/aromatic N) is 1. The van der Waals surface area contributed by atoms with Crippen LogP contribution in [0.15, 0.2) is 42.5 Å². The van der Waals surface area contributed by atoms with E-state index in [1.54, 1.807) is 6.07 Å². The molecule has 2 aromatic carbocycles. The van der Waals surface area contributed by atoms with Gasteiger partial charge in [-0.3, -0.25) is 9.59 Å². The van der Waals surface area contributed by atoms with Gasteiger partial charge < -0.3 is 0 Å². The average molecular weight is 265 g/mol. The van der Waals surface area contributed by atoms with Crippen molar-refractivity contribution < 1.29 is 9.59 Å². The summed E-state index contributed by atoms with van der Waals surface area (Å²) in [6.45, 7) is 3.92. The Hall–Kier alpha value is -2.42. The highest BCUT2D eigenvalue weighted by Gasteiger charge is 2.31. The molecule has 3 rings (SSSR count). The molecule has 0 aromatic heterocycles. The second-order valence-electron chi connectivity index (χ2n) is 5.21. The molecule has 20 heavy (non-hydrogen) atoms. The van der Waals surface area contributed by atoms with Gasteiger partial charge in [-0.25, -0.2) is 4.90 Å². The number of hydrogen-bond acceptors (Lipinski definition) is 2. The van der Waals surface area contributed by atoms with E-state index in [9.17, 15) is 9.59 Å². The normalized spacial score (nSPS) is 14.4. The molecule has 0 atom stereocenters. The molecule has 0 saturated heterocycles. The zero-order chi connectivity index (χ0) is 14.3. The van der Waals surface area contributed by atoms with Crippen molar-refractivity contribution in [2.24, 2.45) is 0 Å². The summed E-state index contributed by atoms with van der Waals surface area (Å²) in [6, 6.07) is 13.1. The fraction of sp³-hybridized carbons (Fsp3) is 0.176. The third-order valence-electron chi connectivity index (χ3n) is 3.51. The van der Waals surface area contributed by atoms with Crippen LogP contribution in [-0.4, -0.2) is 11.8 Å². The summed E-state index contributed by atoms with van der Waals surface area (Å²) in [4.78, 5) is 26.1. The van der Waals surface area contributed by atoms with Gasteiger partial charge >= 0.3 is 0 Å². The summed E-state index contributed by atoms with van der Waals surface area (Å²) in [7, 11) is 0. The van der Waals surface area contributed by atoms with Gasteiger partial charge in [0, 0.05) is 5.56 Å². The monoisotopic (exact) mass is 265 g/mol. The van der Waals surface area contributed by atoms with E-state index in [1.807, 2.05) is 50.2 Å². The molecule has 0 N–H and O–H groups in total. The van der Waals surface area contributed by atoms with Crippen LogP contribution in [0, 0.1) is 13.8 Å². The maximum absolute atomic E-state index is 12.6. The Bertz CT molecular complexity index is 698. The number of rotatable bonds is 1. The van der Waals surface area contributed by atoms with E-state index in [-0.39, 0.29) is 18.2 Å². The van der Waals surface area contributed by atoms with Gasteiger partial charge in [-0.15, -0.1) is 0 Å². The largest absolute Gasteiger partial charge is 0.274 e. The lowest BCUT2D eigenvalue weighted by Crippen LogP contribution is -2.42. The third-order valence-corrected chi connectivity index (χ3v) is 3.51. The number of carbonyl (C=O) groups excluding carboxylic acids is 2. The molecule has 0 aliphatic carbocycles. The first-order valence-corrected chi connectivity index (χ1v) is 6.60. The maximum atomic E-state index is 12.6. The lowest BCUT2D eigenvalue weighted by molar-refractivity contribution is -0.117. The minimum atomic E-state index is -0.234. The molecule has 0 saturated carbocycles. The highest BCUT2D eigenvalue weighted by molar-refractivity contribution is 6.24. The first-order chi connectivity index (χ1) is 9.56. The molecule has 0 radical (unpaired) electrons. The molecule has 3 heteroatoms. The predicted octanol–water partition coefficient (Wildman–Crippen LogP) is 3.03. The minimum absolute atomic E-state index is 0.168. The predicted molar refractivity (Wildman–Crippen MR) is 77.9 cm³/mol. The van der Waals surface area contributed by atoms with E-state index in [0.717, 1.165) is 16.7 Å². The number of benzene rings is 2. The number of fused-ring (bicyclic) bond motifs is 1. The van der Waals surface area contributed by atoms with Gasteiger partial charge in [0.2, 0.25) is 5.91 Å². The Morgan fingerprint density at radius 2 is 1.60 bits per heavy atom. The van der Waals surface area contributed by atoms with Crippen molar-refractivity contribution in [1.29, 1.82) is 0 Å². The molecule has 2 aromatic rings. The number of carbonyl (C=O) groups is 2. The van der Waals surface area contributed by atoms with E-state index in [1.165, 1.54) is 4.90 Å². The van der Waals surface area contributed by atoms with Gasteiger partial charge in [-0.05, 0) is 48.7 Å². The van der Waals surface area contributed by atoms with Gasteiger partial charge in [0.15, 0.2) is 0 Å². The van der Waals surface area contributed by atoms with Gasteiger partial charge in [-0.1, -0.05) is 24.3 Å². The molecule has 0 fully saturated rings. The molecule has 1 heterocycles. The Kier molecular flexibility index (Phi) is 2.90. The lowest BCUT2D eigenvalue weighted by Gasteiger charge is -2.27. The SMILES string of the molecule is Cc1cc(C)cc(N2C(=O)Cc3ccccc3C2=O)c1. The van der Waals surface area contributed by atoms with Crippen LogP contribution in [-0.2, 0) is 11.2 Å². The summed E-state index contributed by atoms with van der Waals surface area (Å²) in [5, 5.41) is 0. The van der Waals surface area contributed by atoms with Crippen molar-refractivity contribution >= 4 is 17.5 Å². The number of hydrogen-bond donors (Lipinski definition) is 0. The van der Waals surface area contributed by atoms with Gasteiger partial charge in [0.1, 0.15) is 0 Å². The van der Waals surface area contributed by atoms with Crippen LogP contribution in [0.4, 0.5) is 5.69 Å². The van der Waals surface area contributed by atoms with E-state index in [4.69, 9.17) is 0 Å². The second kappa shape index (κ2) is 4.60. The number of aryl methyl sites for hydroxylation is 2. The quantitative estimate of drug-likeness (QED) is 0.743. The molecule has 1 aliphatic heterocycles. The van der Waals surface area contributed by atoms with Crippen molar-refractivity contribution in [1.82, 2.24) is 0 Å². The van der Waals surface area contributed by atoms with E-state index in [2.05, 4.69) is 0 Å². The van der Waals surface area contributed by atoms with Crippen molar-refractivity contribution in [3.05, 3.63) is 64.7 Å². The zero-order valence-electron chi connectivity index (χ0n) is 11.5. The number of imide groups is 1. The number of amides is 2. The van der Waals surface area contributed by atoms with Crippen LogP contribution >= 0.6 is 0 Å². The standard InChI is InChI=1S/C17H15NO2/c1-11-7-12(2)9-14(8-11)18-16(19)10-13-5-3-4-6-15(13)17(18)20/h3-9H,10H2,1-2H3. The molecule has 1 aliphatic rings. The van der Waals surface area contributed by atoms with Crippen molar-refractivity contribution in [3.8, 4) is 0 Å². The van der Waals surface area contributed by atoms with E-state index in [0.29, 0.717) is 11.3 Å². The highest BCUT2D eigenvalue weighted by atomic mass is 16.2. The second-order valence-corrected chi connectivity index (χ2v) is 5.21. The van der Waals surface area contributed by atoms with Crippen LogP contribution in [0.1, 0.15) is 27.0 Å². The Labute approximate surface area is 117 Å². The van der Waals surface area contributed by atoms with Gasteiger partial charge in [-0.2, -0.15) is 0 Å². The average Bonchev–Trinajstić information content (AvgIpc) is 2.37. The molecule has 3 nitrogen and oxygen atoms in total. The van der Waals surface area contributed by atoms with Crippen LogP contribution < -0.4 is 4.90 Å². The van der Waals surface area contributed by atoms with Gasteiger partial charge in [0.05, 0.1) is 12.1 Å². The fourth-order valence-electron chi connectivity index (χ4n) is 2.70. The molecule has 0 spiro atoms. The molecule has 2 amide bonds. The zero-order valence-corrected chi connectivity index (χ0v) is 11.5. The Morgan fingerprint density at radius 1 is 0.950 bits per heavy atom. The van der Waals surface area contributed by atoms with Gasteiger partial charge in [0.25, 0.3) is 5.91 Å². The van der Waals surface area contributed by atoms with E-state index < -0.39 is 0 Å². The summed E-state index contributed by atoms with van der Waals surface area (Å²) >= 11 is 0. The minimum Gasteiger partial charge on any atom is -0.274 e. The Balaban J connectivity index is 2.11. The summed E-state index contributed by atoms with van der Waals surface area (Å²) in [5.41, 5.74) is 4.17. The first-order valence-electron chi connectivity index (χ1n) is 6.60. The molecule has 0 bridgehead atoms. The molecular formula is C17H15NO2. The van der Waals surface area contributed by atoms with E-state index >= 15 is 0 Å². The highest BCUT2D eigenvalue weighted by Crippen LogP contribution is 2.26. The fourth-order valence-corrected chi connectivity index (χ4v) is 2.70. The molecular weight excluding hydrogens is 250 g/mol. The third kappa shape index (κ3) is 2.01. The first kappa shape index (κ1) is 12.6. The summed E-state index contributed by atoms with van der Waals surface area (Å²) < 4.78 is 0. The van der Waals surface area contributed by atoms with Crippen LogP contribution in [0.25, 0.3) is 0 Å². The molecule has 0 unspecified atom stereocenters. The number of anilines is 1. The summed E-state index contributed by atoms with van der Waals surface area (Å²) in [5.74, 6) is -0.402. The Morgan fingerprint density at radius 3 is 2.30 bits per heavy atom. The topological polar surface area (TPSA) is 37.4 Å². The maximum Gasteiger partial charge on any atom is 0.265 e. The van der Waals surface area contributed by atoms with Crippen LogP contribution in [0.3, 0.4) is 0 Å².